The number of hydrogen-bond donors (Lipinski definition) is 1. The van der Waals surface area contributed by atoms with Gasteiger partial charge in [0.05, 0.1) is 24.6 Å². The normalized spacial score (nSPS) is 36.4. The molecule has 1 N–H and O–H groups in total. The zero-order chi connectivity index (χ0) is 33.9. The van der Waals surface area contributed by atoms with E-state index in [2.05, 4.69) is 41.0 Å². The number of carbonyl (C=O) groups excluding carboxylic acids is 1. The highest BCUT2D eigenvalue weighted by molar-refractivity contribution is 6.00. The van der Waals surface area contributed by atoms with Crippen molar-refractivity contribution >= 4 is 17.4 Å². The molecule has 9 atom stereocenters. The van der Waals surface area contributed by atoms with Gasteiger partial charge in [-0.1, -0.05) is 37.1 Å². The molecule has 0 bridgehead atoms. The predicted octanol–water partition coefficient (Wildman–Crippen LogP) is 7.34. The molecule has 0 amide bonds. The molecule has 6 rings (SSSR count). The minimum atomic E-state index is -0.358. The highest BCUT2D eigenvalue weighted by atomic mass is 16.7. The third kappa shape index (κ3) is 7.33. The van der Waals surface area contributed by atoms with Crippen molar-refractivity contribution in [2.75, 3.05) is 39.5 Å². The van der Waals surface area contributed by atoms with Gasteiger partial charge in [0, 0.05) is 13.1 Å². The van der Waals surface area contributed by atoms with Gasteiger partial charge in [-0.2, -0.15) is 0 Å². The fraction of sp³-hybridized carbons (Fsp3) is 0.795. The molecular weight excluding hydrogens is 604 g/mol. The average molecular weight is 665 g/mol. The molecule has 1 aromatic rings. The summed E-state index contributed by atoms with van der Waals surface area (Å²) in [5, 5.41) is 16.4. The highest BCUT2D eigenvalue weighted by Crippen LogP contribution is 2.68. The Morgan fingerprint density at radius 2 is 1.75 bits per heavy atom. The third-order valence-electron chi connectivity index (χ3n) is 13.9. The standard InChI is InChI=1S/C39H60N4O5/c1-26(8-7-19-43-20-22-46-23-21-43)32-13-14-33-31-12-11-29-24-30(15-17-38(29,4)34(31)16-18-39(32,33)5)48-37(44)25-47-42-28(3)36-10-6-9-35(40-36)27(2)41-45/h6,9-10,26,29-34,45H,7-8,11-25H2,1-5H3/b41-27+,42-28+/t26?,29-,30?,31+,32-,33?,34?,38+,39-/m1/s1. The Morgan fingerprint density at radius 1 is 1.02 bits per heavy atom. The van der Waals surface area contributed by atoms with Crippen molar-refractivity contribution in [3.8, 4) is 0 Å². The van der Waals surface area contributed by atoms with E-state index >= 15 is 0 Å². The van der Waals surface area contributed by atoms with E-state index in [1.54, 1.807) is 26.0 Å². The molecule has 48 heavy (non-hydrogen) atoms. The molecule has 2 heterocycles. The first-order chi connectivity index (χ1) is 23.1. The van der Waals surface area contributed by atoms with Crippen molar-refractivity contribution in [2.24, 2.45) is 56.6 Å². The van der Waals surface area contributed by atoms with E-state index in [0.29, 0.717) is 39.6 Å². The number of nitrogens with zero attached hydrogens (tertiary/aromatic N) is 4. The van der Waals surface area contributed by atoms with Crippen molar-refractivity contribution < 1.29 is 24.3 Å². The molecule has 4 unspecified atom stereocenters. The van der Waals surface area contributed by atoms with Gasteiger partial charge >= 0.3 is 5.97 Å². The van der Waals surface area contributed by atoms with Crippen LogP contribution in [0.1, 0.15) is 117 Å². The summed E-state index contributed by atoms with van der Waals surface area (Å²) in [5.41, 5.74) is 2.95. The van der Waals surface area contributed by atoms with Gasteiger partial charge in [-0.3, -0.25) is 4.90 Å². The van der Waals surface area contributed by atoms with E-state index in [1.165, 1.54) is 57.9 Å². The Hall–Kier alpha value is -2.52. The van der Waals surface area contributed by atoms with Crippen molar-refractivity contribution in [1.29, 1.82) is 0 Å². The number of pyridine rings is 1. The number of aromatic nitrogens is 1. The average Bonchev–Trinajstić information content (AvgIpc) is 3.46. The van der Waals surface area contributed by atoms with Gasteiger partial charge in [0.1, 0.15) is 17.5 Å². The summed E-state index contributed by atoms with van der Waals surface area (Å²) in [6.45, 7) is 16.3. The molecule has 1 aliphatic heterocycles. The molecule has 9 heteroatoms. The van der Waals surface area contributed by atoms with Gasteiger partial charge in [0.15, 0.2) is 0 Å². The Labute approximate surface area is 288 Å². The predicted molar refractivity (Wildman–Crippen MR) is 187 cm³/mol. The molecule has 5 aliphatic rings. The monoisotopic (exact) mass is 664 g/mol. The topological polar surface area (TPSA) is 106 Å². The number of fused-ring (bicyclic) bond motifs is 5. The second-order valence-electron chi connectivity index (χ2n) is 16.4. The molecule has 4 saturated carbocycles. The largest absolute Gasteiger partial charge is 0.460 e. The van der Waals surface area contributed by atoms with Gasteiger partial charge in [0.25, 0.3) is 0 Å². The Balaban J connectivity index is 0.980. The summed E-state index contributed by atoms with van der Waals surface area (Å²) < 4.78 is 11.5. The van der Waals surface area contributed by atoms with Crippen molar-refractivity contribution in [3.63, 3.8) is 0 Å². The van der Waals surface area contributed by atoms with E-state index in [4.69, 9.17) is 19.5 Å². The molecule has 1 saturated heterocycles. The van der Waals surface area contributed by atoms with Gasteiger partial charge in [-0.05, 0) is 149 Å². The lowest BCUT2D eigenvalue weighted by molar-refractivity contribution is -0.167. The molecule has 266 valence electrons. The number of rotatable bonds is 11. The van der Waals surface area contributed by atoms with Crippen LogP contribution in [0.3, 0.4) is 0 Å². The quantitative estimate of drug-likeness (QED) is 0.114. The molecular formula is C39H60N4O5. The summed E-state index contributed by atoms with van der Waals surface area (Å²) in [6.07, 6.45) is 13.9. The summed E-state index contributed by atoms with van der Waals surface area (Å²) in [4.78, 5) is 25.2. The molecule has 9 nitrogen and oxygen atoms in total. The third-order valence-corrected chi connectivity index (χ3v) is 13.9. The number of morpholine rings is 1. The van der Waals surface area contributed by atoms with Gasteiger partial charge in [-0.15, -0.1) is 0 Å². The van der Waals surface area contributed by atoms with Crippen LogP contribution in [0.15, 0.2) is 28.5 Å². The smallest absolute Gasteiger partial charge is 0.347 e. The van der Waals surface area contributed by atoms with Crippen LogP contribution < -0.4 is 0 Å². The maximum atomic E-state index is 12.8. The van der Waals surface area contributed by atoms with Crippen LogP contribution in [-0.2, 0) is 19.1 Å². The van der Waals surface area contributed by atoms with Gasteiger partial charge < -0.3 is 19.5 Å². The van der Waals surface area contributed by atoms with E-state index in [0.717, 1.165) is 75.2 Å². The lowest BCUT2D eigenvalue weighted by Gasteiger charge is -2.61. The van der Waals surface area contributed by atoms with Crippen LogP contribution in [0.4, 0.5) is 0 Å². The van der Waals surface area contributed by atoms with Crippen molar-refractivity contribution in [1.82, 2.24) is 9.88 Å². The first-order valence-corrected chi connectivity index (χ1v) is 18.9. The fourth-order valence-corrected chi connectivity index (χ4v) is 11.3. The molecule has 1 aromatic heterocycles. The number of hydrogen-bond acceptors (Lipinski definition) is 9. The van der Waals surface area contributed by atoms with Crippen LogP contribution in [0, 0.1) is 46.3 Å². The summed E-state index contributed by atoms with van der Waals surface area (Å²) in [5.74, 6) is 4.49. The maximum Gasteiger partial charge on any atom is 0.347 e. The second-order valence-corrected chi connectivity index (χ2v) is 16.4. The van der Waals surface area contributed by atoms with Crippen molar-refractivity contribution in [3.05, 3.63) is 29.6 Å². The Bertz CT molecular complexity index is 1330. The van der Waals surface area contributed by atoms with Gasteiger partial charge in [0.2, 0.25) is 6.61 Å². The van der Waals surface area contributed by atoms with E-state index < -0.39 is 0 Å². The van der Waals surface area contributed by atoms with E-state index in [9.17, 15) is 4.79 Å². The SMILES string of the molecule is C/C(=N\O)c1cccc(/C(C)=N/OCC(=O)OC2CC[C@]3(C)C4CC[C@@]5(C)C(CC[C@@H]5C(C)CCCN5CCOCC5)[C@@H]4CC[C@@H]3C2)n1. The second kappa shape index (κ2) is 15.2. The number of esters is 1. The van der Waals surface area contributed by atoms with E-state index in [1.807, 2.05) is 6.07 Å². The Morgan fingerprint density at radius 3 is 2.52 bits per heavy atom. The lowest BCUT2D eigenvalue weighted by Crippen LogP contribution is -2.54. The highest BCUT2D eigenvalue weighted by Gasteiger charge is 2.60. The molecule has 0 aromatic carbocycles. The number of oxime groups is 2. The van der Waals surface area contributed by atoms with E-state index in [-0.39, 0.29) is 18.7 Å². The number of ether oxygens (including phenoxy) is 2. The first kappa shape index (κ1) is 35.3. The Kier molecular flexibility index (Phi) is 11.2. The maximum absolute atomic E-state index is 12.8. The van der Waals surface area contributed by atoms with Crippen LogP contribution in [0.25, 0.3) is 0 Å². The molecule has 5 fully saturated rings. The number of carbonyl (C=O) groups is 1. The molecule has 0 radical (unpaired) electrons. The van der Waals surface area contributed by atoms with Crippen LogP contribution >= 0.6 is 0 Å². The zero-order valence-corrected chi connectivity index (χ0v) is 30.2. The minimum Gasteiger partial charge on any atom is -0.460 e. The van der Waals surface area contributed by atoms with Crippen molar-refractivity contribution in [2.45, 2.75) is 111 Å². The fourth-order valence-electron chi connectivity index (χ4n) is 11.3. The molecule has 0 spiro atoms. The van der Waals surface area contributed by atoms with Gasteiger partial charge in [-0.25, -0.2) is 9.78 Å². The zero-order valence-electron chi connectivity index (χ0n) is 30.2. The summed E-state index contributed by atoms with van der Waals surface area (Å²) in [6, 6.07) is 5.38. The minimum absolute atomic E-state index is 0.0390. The lowest BCUT2D eigenvalue weighted by atomic mass is 9.44. The van der Waals surface area contributed by atoms with Crippen LogP contribution in [-0.4, -0.2) is 78.0 Å². The summed E-state index contributed by atoms with van der Waals surface area (Å²) in [7, 11) is 0. The van der Waals surface area contributed by atoms with Crippen LogP contribution in [0.5, 0.6) is 0 Å². The molecule has 4 aliphatic carbocycles. The summed E-state index contributed by atoms with van der Waals surface area (Å²) >= 11 is 0. The first-order valence-electron chi connectivity index (χ1n) is 18.9. The van der Waals surface area contributed by atoms with Crippen LogP contribution in [0.2, 0.25) is 0 Å².